The molecule has 1 radical (unpaired) electrons. The maximum atomic E-state index is 4.23. The highest BCUT2D eigenvalue weighted by Crippen LogP contribution is 2.21. The minimum Gasteiger partial charge on any atom is -0.241 e. The molecule has 0 amide bonds. The highest BCUT2D eigenvalue weighted by molar-refractivity contribution is 5.18. The third kappa shape index (κ3) is 1.25. The van der Waals surface area contributed by atoms with E-state index in [0.717, 1.165) is 18.8 Å². The largest absolute Gasteiger partial charge is 0.241 e. The molecular weight excluding hydrogens is 136 g/mol. The Morgan fingerprint density at radius 1 is 1.64 bits per heavy atom. The van der Waals surface area contributed by atoms with Gasteiger partial charge >= 0.3 is 0 Å². The van der Waals surface area contributed by atoms with Crippen molar-refractivity contribution in [2.75, 3.05) is 0 Å². The van der Waals surface area contributed by atoms with Gasteiger partial charge in [-0.3, -0.25) is 0 Å². The first-order valence-electron chi connectivity index (χ1n) is 4.06. The molecule has 0 aromatic carbocycles. The lowest BCUT2D eigenvalue weighted by molar-refractivity contribution is 0.489. The average molecular weight is 147 g/mol. The third-order valence-electron chi connectivity index (χ3n) is 2.25. The van der Waals surface area contributed by atoms with Crippen molar-refractivity contribution in [3.8, 4) is 0 Å². The van der Waals surface area contributed by atoms with E-state index in [-0.39, 0.29) is 0 Å². The SMILES string of the molecule is CC1CCc2[c]ncnc2C1. The first kappa shape index (κ1) is 6.77. The quantitative estimate of drug-likeness (QED) is 0.554. The van der Waals surface area contributed by atoms with Crippen molar-refractivity contribution in [2.24, 2.45) is 5.92 Å². The Morgan fingerprint density at radius 2 is 2.55 bits per heavy atom. The molecular formula is C9H11N2. The van der Waals surface area contributed by atoms with Crippen LogP contribution in [0, 0.1) is 12.1 Å². The van der Waals surface area contributed by atoms with E-state index in [9.17, 15) is 0 Å². The van der Waals surface area contributed by atoms with E-state index < -0.39 is 0 Å². The lowest BCUT2D eigenvalue weighted by atomic mass is 9.89. The molecule has 1 aromatic heterocycles. The summed E-state index contributed by atoms with van der Waals surface area (Å²) in [6, 6.07) is 0. The van der Waals surface area contributed by atoms with E-state index in [0.29, 0.717) is 0 Å². The Hall–Kier alpha value is -0.920. The zero-order valence-electron chi connectivity index (χ0n) is 6.67. The minimum atomic E-state index is 0.783. The maximum absolute atomic E-state index is 4.23. The summed E-state index contributed by atoms with van der Waals surface area (Å²) in [5.41, 5.74) is 2.43. The van der Waals surface area contributed by atoms with Crippen LogP contribution in [0.4, 0.5) is 0 Å². The van der Waals surface area contributed by atoms with Gasteiger partial charge in [-0.1, -0.05) is 6.92 Å². The monoisotopic (exact) mass is 147 g/mol. The molecule has 0 N–H and O–H groups in total. The number of hydrogen-bond acceptors (Lipinski definition) is 2. The summed E-state index contributed by atoms with van der Waals surface area (Å²) in [4.78, 5) is 8.11. The van der Waals surface area contributed by atoms with Crippen LogP contribution in [-0.4, -0.2) is 9.97 Å². The summed E-state index contributed by atoms with van der Waals surface area (Å²) < 4.78 is 0. The van der Waals surface area contributed by atoms with Gasteiger partial charge in [0, 0.05) is 11.3 Å². The highest BCUT2D eigenvalue weighted by atomic mass is 14.8. The van der Waals surface area contributed by atoms with Gasteiger partial charge in [0.25, 0.3) is 0 Å². The highest BCUT2D eigenvalue weighted by Gasteiger charge is 2.15. The van der Waals surface area contributed by atoms with Crippen molar-refractivity contribution < 1.29 is 0 Å². The number of fused-ring (bicyclic) bond motifs is 1. The molecule has 1 aliphatic carbocycles. The molecule has 1 atom stereocenters. The first-order valence-corrected chi connectivity index (χ1v) is 4.06. The molecule has 2 rings (SSSR count). The van der Waals surface area contributed by atoms with Gasteiger partial charge in [-0.15, -0.1) is 0 Å². The standard InChI is InChI=1S/C9H11N2/c1-7-2-3-8-5-10-6-11-9(8)4-7/h6-7H,2-4H2,1H3. The van der Waals surface area contributed by atoms with Crippen LogP contribution in [0.5, 0.6) is 0 Å². The predicted molar refractivity (Wildman–Crippen MR) is 42.1 cm³/mol. The summed E-state index contributed by atoms with van der Waals surface area (Å²) in [6.07, 6.45) is 8.07. The van der Waals surface area contributed by atoms with Crippen molar-refractivity contribution >= 4 is 0 Å². The Kier molecular flexibility index (Phi) is 1.60. The van der Waals surface area contributed by atoms with Crippen molar-refractivity contribution in [1.29, 1.82) is 0 Å². The second-order valence-electron chi connectivity index (χ2n) is 3.26. The maximum Gasteiger partial charge on any atom is 0.116 e. The van der Waals surface area contributed by atoms with E-state index in [1.165, 1.54) is 17.7 Å². The number of nitrogens with zero attached hydrogens (tertiary/aromatic N) is 2. The molecule has 0 fully saturated rings. The third-order valence-corrected chi connectivity index (χ3v) is 2.25. The fourth-order valence-electron chi connectivity index (χ4n) is 1.55. The first-order chi connectivity index (χ1) is 5.36. The Morgan fingerprint density at radius 3 is 3.45 bits per heavy atom. The van der Waals surface area contributed by atoms with Gasteiger partial charge in [-0.05, 0) is 25.2 Å². The van der Waals surface area contributed by atoms with E-state index >= 15 is 0 Å². The van der Waals surface area contributed by atoms with Crippen LogP contribution in [0.2, 0.25) is 0 Å². The molecule has 1 heterocycles. The van der Waals surface area contributed by atoms with E-state index in [2.05, 4.69) is 23.1 Å². The summed E-state index contributed by atoms with van der Waals surface area (Å²) in [6.45, 7) is 2.27. The fourth-order valence-corrected chi connectivity index (χ4v) is 1.55. The van der Waals surface area contributed by atoms with Crippen molar-refractivity contribution in [3.63, 3.8) is 0 Å². The molecule has 57 valence electrons. The van der Waals surface area contributed by atoms with Gasteiger partial charge in [0.15, 0.2) is 0 Å². The summed E-state index contributed by atoms with van der Waals surface area (Å²) >= 11 is 0. The van der Waals surface area contributed by atoms with Crippen LogP contribution in [0.15, 0.2) is 6.33 Å². The van der Waals surface area contributed by atoms with E-state index in [1.54, 1.807) is 6.33 Å². The average Bonchev–Trinajstić information content (AvgIpc) is 2.04. The molecule has 0 bridgehead atoms. The fraction of sp³-hybridized carbons (Fsp3) is 0.556. The molecule has 0 saturated heterocycles. The molecule has 0 saturated carbocycles. The number of aryl methyl sites for hydroxylation is 1. The molecule has 2 nitrogen and oxygen atoms in total. The second kappa shape index (κ2) is 2.61. The molecule has 11 heavy (non-hydrogen) atoms. The van der Waals surface area contributed by atoms with Crippen LogP contribution in [0.3, 0.4) is 0 Å². The zero-order chi connectivity index (χ0) is 7.68. The lowest BCUT2D eigenvalue weighted by Gasteiger charge is -2.18. The lowest BCUT2D eigenvalue weighted by Crippen LogP contribution is -2.13. The van der Waals surface area contributed by atoms with E-state index in [1.807, 2.05) is 0 Å². The van der Waals surface area contributed by atoms with Gasteiger partial charge < -0.3 is 0 Å². The van der Waals surface area contributed by atoms with Crippen LogP contribution in [0.25, 0.3) is 0 Å². The Bertz CT molecular complexity index is 257. The van der Waals surface area contributed by atoms with Crippen LogP contribution < -0.4 is 0 Å². The summed E-state index contributed by atoms with van der Waals surface area (Å²) in [5.74, 6) is 0.783. The summed E-state index contributed by atoms with van der Waals surface area (Å²) in [7, 11) is 0. The van der Waals surface area contributed by atoms with Crippen LogP contribution >= 0.6 is 0 Å². The van der Waals surface area contributed by atoms with Crippen LogP contribution in [0.1, 0.15) is 24.6 Å². The molecule has 1 unspecified atom stereocenters. The molecule has 0 spiro atoms. The Labute approximate surface area is 66.7 Å². The van der Waals surface area contributed by atoms with Crippen molar-refractivity contribution in [1.82, 2.24) is 9.97 Å². The zero-order valence-corrected chi connectivity index (χ0v) is 6.67. The number of hydrogen-bond donors (Lipinski definition) is 0. The molecule has 2 heteroatoms. The van der Waals surface area contributed by atoms with E-state index in [4.69, 9.17) is 0 Å². The minimum absolute atomic E-state index is 0.783. The van der Waals surface area contributed by atoms with Gasteiger partial charge in [0.1, 0.15) is 6.33 Å². The predicted octanol–water partition coefficient (Wildman–Crippen LogP) is 1.40. The van der Waals surface area contributed by atoms with Gasteiger partial charge in [0.05, 0.1) is 6.20 Å². The number of rotatable bonds is 0. The number of aromatic nitrogens is 2. The summed E-state index contributed by atoms with van der Waals surface area (Å²) in [5, 5.41) is 0. The second-order valence-corrected chi connectivity index (χ2v) is 3.26. The van der Waals surface area contributed by atoms with Gasteiger partial charge in [0.2, 0.25) is 0 Å². The normalized spacial score (nSPS) is 22.8. The topological polar surface area (TPSA) is 25.8 Å². The van der Waals surface area contributed by atoms with Crippen LogP contribution in [-0.2, 0) is 12.8 Å². The molecule has 1 aliphatic rings. The molecule has 0 aliphatic heterocycles. The smallest absolute Gasteiger partial charge is 0.116 e. The Balaban J connectivity index is 2.34. The van der Waals surface area contributed by atoms with Gasteiger partial charge in [-0.2, -0.15) is 0 Å². The van der Waals surface area contributed by atoms with Gasteiger partial charge in [-0.25, -0.2) is 9.97 Å². The van der Waals surface area contributed by atoms with Crippen molar-refractivity contribution in [2.45, 2.75) is 26.2 Å². The molecule has 1 aromatic rings. The van der Waals surface area contributed by atoms with Crippen molar-refractivity contribution in [3.05, 3.63) is 23.8 Å².